The van der Waals surface area contributed by atoms with Crippen LogP contribution in [0.4, 0.5) is 5.69 Å². The van der Waals surface area contributed by atoms with Crippen molar-refractivity contribution >= 4 is 22.1 Å². The molecular formula is C8H8NS. The topological polar surface area (TPSA) is 12.4 Å². The highest BCUT2D eigenvalue weighted by molar-refractivity contribution is 8.29. The number of aliphatic imine (C=N–C) groups is 1. The summed E-state index contributed by atoms with van der Waals surface area (Å²) in [5.74, 6) is 0. The molecule has 0 bridgehead atoms. The van der Waals surface area contributed by atoms with Gasteiger partial charge in [0.1, 0.15) is 0 Å². The average molecular weight is 150 g/mol. The van der Waals surface area contributed by atoms with Gasteiger partial charge in [-0.2, -0.15) is 10.9 Å². The van der Waals surface area contributed by atoms with Gasteiger partial charge in [0.05, 0.1) is 5.69 Å². The highest BCUT2D eigenvalue weighted by atomic mass is 32.2. The van der Waals surface area contributed by atoms with Gasteiger partial charge in [-0.05, 0) is 18.4 Å². The van der Waals surface area contributed by atoms with Crippen molar-refractivity contribution in [2.45, 2.75) is 4.90 Å². The second kappa shape index (κ2) is 2.13. The third-order valence-electron chi connectivity index (χ3n) is 1.53. The number of nitrogens with zero attached hydrogens (tertiary/aromatic N) is 1. The Kier molecular flexibility index (Phi) is 1.27. The van der Waals surface area contributed by atoms with E-state index in [1.165, 1.54) is 4.90 Å². The monoisotopic (exact) mass is 150 g/mol. The molecule has 0 fully saturated rings. The van der Waals surface area contributed by atoms with Crippen LogP contribution in [-0.2, 0) is 0 Å². The van der Waals surface area contributed by atoms with Crippen LogP contribution in [0, 0.1) is 6.26 Å². The Morgan fingerprint density at radius 3 is 2.90 bits per heavy atom. The molecule has 0 aromatic heterocycles. The molecule has 2 heteroatoms. The lowest BCUT2D eigenvalue weighted by Gasteiger charge is -2.03. The first-order valence-electron chi connectivity index (χ1n) is 3.11. The van der Waals surface area contributed by atoms with Crippen LogP contribution in [0.25, 0.3) is 0 Å². The maximum absolute atomic E-state index is 4.22. The molecule has 1 heterocycles. The van der Waals surface area contributed by atoms with Crippen LogP contribution in [0.3, 0.4) is 0 Å². The lowest BCUT2D eigenvalue weighted by Crippen LogP contribution is -1.69. The Hall–Kier alpha value is -0.760. The van der Waals surface area contributed by atoms with E-state index >= 15 is 0 Å². The van der Waals surface area contributed by atoms with E-state index in [1.54, 1.807) is 0 Å². The number of fused-ring (bicyclic) bond motifs is 1. The maximum atomic E-state index is 4.22. The summed E-state index contributed by atoms with van der Waals surface area (Å²) >= 11 is 0. The van der Waals surface area contributed by atoms with Gasteiger partial charge in [0.15, 0.2) is 0 Å². The normalized spacial score (nSPS) is 24.7. The predicted octanol–water partition coefficient (Wildman–Crippen LogP) is 2.51. The van der Waals surface area contributed by atoms with E-state index in [0.717, 1.165) is 5.69 Å². The number of rotatable bonds is 0. The van der Waals surface area contributed by atoms with Gasteiger partial charge in [-0.1, -0.05) is 12.1 Å². The maximum Gasteiger partial charge on any atom is 0.0757 e. The SMILES string of the molecule is [CH2][SH]1C=Nc2ccccc21. The lowest BCUT2D eigenvalue weighted by molar-refractivity contribution is 1.41. The van der Waals surface area contributed by atoms with Crippen molar-refractivity contribution in [2.75, 3.05) is 0 Å². The first-order valence-corrected chi connectivity index (χ1v) is 4.70. The van der Waals surface area contributed by atoms with Crippen molar-refractivity contribution in [3.63, 3.8) is 0 Å². The van der Waals surface area contributed by atoms with Crippen molar-refractivity contribution in [3.8, 4) is 0 Å². The molecule has 0 saturated carbocycles. The van der Waals surface area contributed by atoms with Crippen LogP contribution in [0.5, 0.6) is 0 Å². The summed E-state index contributed by atoms with van der Waals surface area (Å²) in [5.41, 5.74) is 3.05. The molecule has 51 valence electrons. The van der Waals surface area contributed by atoms with Crippen LogP contribution in [0.1, 0.15) is 0 Å². The van der Waals surface area contributed by atoms with Crippen LogP contribution in [0.2, 0.25) is 0 Å². The van der Waals surface area contributed by atoms with E-state index in [1.807, 2.05) is 23.7 Å². The van der Waals surface area contributed by atoms with Crippen molar-refractivity contribution in [2.24, 2.45) is 4.99 Å². The van der Waals surface area contributed by atoms with Gasteiger partial charge in [-0.25, -0.2) is 0 Å². The molecule has 1 aromatic carbocycles. The molecule has 1 unspecified atom stereocenters. The third kappa shape index (κ3) is 0.762. The van der Waals surface area contributed by atoms with Crippen LogP contribution in [0.15, 0.2) is 34.2 Å². The van der Waals surface area contributed by atoms with Crippen molar-refractivity contribution in [1.29, 1.82) is 0 Å². The standard InChI is InChI=1S/C8H8NS/c1-10-6-9-7-4-2-3-5-8(7)10/h2-6,10H,1H2. The van der Waals surface area contributed by atoms with Crippen molar-refractivity contribution in [1.82, 2.24) is 0 Å². The van der Waals surface area contributed by atoms with Crippen LogP contribution < -0.4 is 0 Å². The first kappa shape index (κ1) is 5.98. The second-order valence-corrected chi connectivity index (χ2v) is 3.86. The Labute approximate surface area is 63.1 Å². The van der Waals surface area contributed by atoms with E-state index in [2.05, 4.69) is 17.3 Å². The molecule has 0 aliphatic carbocycles. The Morgan fingerprint density at radius 1 is 1.30 bits per heavy atom. The largest absolute Gasteiger partial charge is 0.250 e. The fourth-order valence-corrected chi connectivity index (χ4v) is 2.10. The summed E-state index contributed by atoms with van der Waals surface area (Å²) in [4.78, 5) is 5.52. The molecule has 1 atom stereocenters. The molecule has 0 spiro atoms. The zero-order valence-corrected chi connectivity index (χ0v) is 6.38. The number of para-hydroxylation sites is 1. The van der Waals surface area contributed by atoms with E-state index < -0.39 is 0 Å². The summed E-state index contributed by atoms with van der Waals surface area (Å²) in [6.07, 6.45) is 3.99. The molecule has 1 aliphatic rings. The molecule has 1 nitrogen and oxygen atoms in total. The lowest BCUT2D eigenvalue weighted by atomic mass is 10.3. The van der Waals surface area contributed by atoms with Crippen LogP contribution in [-0.4, -0.2) is 5.55 Å². The summed E-state index contributed by atoms with van der Waals surface area (Å²) in [6, 6.07) is 8.17. The molecule has 1 aromatic rings. The van der Waals surface area contributed by atoms with Gasteiger partial charge in [0.25, 0.3) is 0 Å². The summed E-state index contributed by atoms with van der Waals surface area (Å²) < 4.78 is 0. The first-order chi connectivity index (χ1) is 4.88. The zero-order valence-electron chi connectivity index (χ0n) is 5.49. The molecule has 0 saturated heterocycles. The van der Waals surface area contributed by atoms with Gasteiger partial charge in [-0.15, -0.1) is 0 Å². The number of thiol groups is 1. The minimum atomic E-state index is -0.323. The Morgan fingerprint density at radius 2 is 2.10 bits per heavy atom. The molecule has 0 amide bonds. The number of benzene rings is 1. The molecular weight excluding hydrogens is 142 g/mol. The highest BCUT2D eigenvalue weighted by Gasteiger charge is 2.08. The molecule has 0 N–H and O–H groups in total. The number of hydrogen-bond donors (Lipinski definition) is 1. The molecule has 1 radical (unpaired) electrons. The average Bonchev–Trinajstić information content (AvgIpc) is 2.34. The molecule has 10 heavy (non-hydrogen) atoms. The van der Waals surface area contributed by atoms with Crippen molar-refractivity contribution < 1.29 is 0 Å². The third-order valence-corrected chi connectivity index (χ3v) is 2.92. The van der Waals surface area contributed by atoms with E-state index in [0.29, 0.717) is 0 Å². The minimum absolute atomic E-state index is 0.323. The Bertz CT molecular complexity index is 280. The van der Waals surface area contributed by atoms with Crippen molar-refractivity contribution in [3.05, 3.63) is 30.5 Å². The predicted molar refractivity (Wildman–Crippen MR) is 47.2 cm³/mol. The second-order valence-electron chi connectivity index (χ2n) is 2.20. The fourth-order valence-electron chi connectivity index (χ4n) is 1.01. The van der Waals surface area contributed by atoms with E-state index in [9.17, 15) is 0 Å². The van der Waals surface area contributed by atoms with Gasteiger partial charge in [0, 0.05) is 10.4 Å². The van der Waals surface area contributed by atoms with Gasteiger partial charge >= 0.3 is 0 Å². The van der Waals surface area contributed by atoms with Gasteiger partial charge in [0.2, 0.25) is 0 Å². The highest BCUT2D eigenvalue weighted by Crippen LogP contribution is 2.43. The Balaban J connectivity index is 2.59. The zero-order chi connectivity index (χ0) is 6.97. The van der Waals surface area contributed by atoms with Gasteiger partial charge < -0.3 is 0 Å². The smallest absolute Gasteiger partial charge is 0.0757 e. The fraction of sp³-hybridized carbons (Fsp3) is 0. The number of hydrogen-bond acceptors (Lipinski definition) is 1. The summed E-state index contributed by atoms with van der Waals surface area (Å²) in [7, 11) is -0.323. The molecule has 1 aliphatic heterocycles. The van der Waals surface area contributed by atoms with Gasteiger partial charge in [-0.3, -0.25) is 4.99 Å². The molecule has 2 rings (SSSR count). The van der Waals surface area contributed by atoms with Crippen LogP contribution >= 0.6 is 10.9 Å². The minimum Gasteiger partial charge on any atom is -0.250 e. The van der Waals surface area contributed by atoms with E-state index in [-0.39, 0.29) is 10.9 Å². The van der Waals surface area contributed by atoms with E-state index in [4.69, 9.17) is 0 Å². The summed E-state index contributed by atoms with van der Waals surface area (Å²) in [5, 5.41) is 0. The quantitative estimate of drug-likeness (QED) is 0.546. The summed E-state index contributed by atoms with van der Waals surface area (Å²) in [6.45, 7) is 0.